The van der Waals surface area contributed by atoms with Crippen LogP contribution in [0.25, 0.3) is 6.08 Å². The molecule has 0 saturated carbocycles. The standard InChI is InChI=1S/C20H21NO2/c1-14(21-22)17-6-3-15(4-7-17)11-16-5-8-19-13-20(23-2)10-9-18(19)12-16/h3-4,6-7,9-10,12-13,22H,5,8,11H2,1-2H3/b21-14+. The van der Waals surface area contributed by atoms with Crippen LogP contribution in [-0.4, -0.2) is 18.0 Å². The van der Waals surface area contributed by atoms with Gasteiger partial charge in [-0.25, -0.2) is 0 Å². The summed E-state index contributed by atoms with van der Waals surface area (Å²) in [5, 5.41) is 12.1. The minimum atomic E-state index is 0.635. The third-order valence-electron chi connectivity index (χ3n) is 4.38. The summed E-state index contributed by atoms with van der Waals surface area (Å²) in [7, 11) is 1.71. The number of methoxy groups -OCH3 is 1. The van der Waals surface area contributed by atoms with Crippen LogP contribution in [0.3, 0.4) is 0 Å². The number of allylic oxidation sites excluding steroid dienone is 1. The first-order valence-corrected chi connectivity index (χ1v) is 7.84. The smallest absolute Gasteiger partial charge is 0.119 e. The molecule has 0 atom stereocenters. The van der Waals surface area contributed by atoms with Gasteiger partial charge in [0.1, 0.15) is 5.75 Å². The molecule has 0 amide bonds. The number of benzene rings is 2. The van der Waals surface area contributed by atoms with Crippen LogP contribution in [0.2, 0.25) is 0 Å². The maximum absolute atomic E-state index is 8.82. The molecule has 23 heavy (non-hydrogen) atoms. The maximum atomic E-state index is 8.82. The third-order valence-corrected chi connectivity index (χ3v) is 4.38. The summed E-state index contributed by atoms with van der Waals surface area (Å²) in [5.41, 5.74) is 6.97. The molecule has 1 aliphatic carbocycles. The number of hydrogen-bond acceptors (Lipinski definition) is 3. The van der Waals surface area contributed by atoms with Crippen molar-refractivity contribution < 1.29 is 9.94 Å². The molecule has 3 rings (SSSR count). The zero-order chi connectivity index (χ0) is 16.2. The lowest BCUT2D eigenvalue weighted by molar-refractivity contribution is 0.319. The lowest BCUT2D eigenvalue weighted by atomic mass is 9.89. The molecule has 1 N–H and O–H groups in total. The van der Waals surface area contributed by atoms with Crippen molar-refractivity contribution in [2.45, 2.75) is 26.2 Å². The second-order valence-corrected chi connectivity index (χ2v) is 5.93. The summed E-state index contributed by atoms with van der Waals surface area (Å²) in [6.45, 7) is 1.80. The number of hydrogen-bond donors (Lipinski definition) is 1. The summed E-state index contributed by atoms with van der Waals surface area (Å²) in [6, 6.07) is 14.5. The Morgan fingerprint density at radius 3 is 2.61 bits per heavy atom. The maximum Gasteiger partial charge on any atom is 0.119 e. The Bertz CT molecular complexity index is 758. The molecule has 0 heterocycles. The highest BCUT2D eigenvalue weighted by molar-refractivity contribution is 5.98. The molecule has 0 aromatic heterocycles. The second kappa shape index (κ2) is 6.69. The average molecular weight is 307 g/mol. The molecule has 0 spiro atoms. The van der Waals surface area contributed by atoms with Crippen LogP contribution in [0.5, 0.6) is 5.75 Å². The number of oxime groups is 1. The Morgan fingerprint density at radius 2 is 1.91 bits per heavy atom. The molecule has 0 radical (unpaired) electrons. The van der Waals surface area contributed by atoms with E-state index in [4.69, 9.17) is 9.94 Å². The molecule has 2 aromatic carbocycles. The van der Waals surface area contributed by atoms with Gasteiger partial charge in [-0.3, -0.25) is 0 Å². The van der Waals surface area contributed by atoms with E-state index in [2.05, 4.69) is 35.5 Å². The Balaban J connectivity index is 1.77. The first kappa shape index (κ1) is 15.3. The lowest BCUT2D eigenvalue weighted by Crippen LogP contribution is -2.02. The molecule has 3 nitrogen and oxygen atoms in total. The molecule has 0 saturated heterocycles. The van der Waals surface area contributed by atoms with Gasteiger partial charge in [0.05, 0.1) is 12.8 Å². The lowest BCUT2D eigenvalue weighted by Gasteiger charge is -2.17. The van der Waals surface area contributed by atoms with Gasteiger partial charge in [-0.2, -0.15) is 0 Å². The highest BCUT2D eigenvalue weighted by Crippen LogP contribution is 2.29. The fraction of sp³-hybridized carbons (Fsp3) is 0.250. The van der Waals surface area contributed by atoms with Gasteiger partial charge in [0, 0.05) is 0 Å². The minimum absolute atomic E-state index is 0.635. The number of aryl methyl sites for hydroxylation is 1. The Morgan fingerprint density at radius 1 is 1.13 bits per heavy atom. The van der Waals surface area contributed by atoms with Crippen molar-refractivity contribution >= 4 is 11.8 Å². The van der Waals surface area contributed by atoms with Crippen LogP contribution in [0, 0.1) is 0 Å². The van der Waals surface area contributed by atoms with E-state index in [1.165, 1.54) is 22.3 Å². The minimum Gasteiger partial charge on any atom is -0.497 e. The molecule has 118 valence electrons. The van der Waals surface area contributed by atoms with Crippen LogP contribution in [0.4, 0.5) is 0 Å². The fourth-order valence-electron chi connectivity index (χ4n) is 2.98. The molecular weight excluding hydrogens is 286 g/mol. The van der Waals surface area contributed by atoms with Crippen LogP contribution in [0.1, 0.15) is 35.6 Å². The molecule has 0 aliphatic heterocycles. The van der Waals surface area contributed by atoms with Gasteiger partial charge >= 0.3 is 0 Å². The van der Waals surface area contributed by atoms with E-state index in [1.807, 2.05) is 18.2 Å². The van der Waals surface area contributed by atoms with E-state index in [1.54, 1.807) is 14.0 Å². The van der Waals surface area contributed by atoms with Gasteiger partial charge in [-0.05, 0) is 60.6 Å². The van der Waals surface area contributed by atoms with Crippen LogP contribution >= 0.6 is 0 Å². The van der Waals surface area contributed by atoms with E-state index < -0.39 is 0 Å². The van der Waals surface area contributed by atoms with Gasteiger partial charge in [0.15, 0.2) is 0 Å². The Kier molecular flexibility index (Phi) is 4.47. The fourth-order valence-corrected chi connectivity index (χ4v) is 2.98. The quantitative estimate of drug-likeness (QED) is 0.514. The normalized spacial score (nSPS) is 14.2. The zero-order valence-electron chi connectivity index (χ0n) is 13.5. The number of fused-ring (bicyclic) bond motifs is 1. The van der Waals surface area contributed by atoms with E-state index >= 15 is 0 Å². The number of ether oxygens (including phenoxy) is 1. The van der Waals surface area contributed by atoms with E-state index in [0.717, 1.165) is 30.6 Å². The molecule has 2 aromatic rings. The SMILES string of the molecule is COc1ccc2c(c1)CCC(Cc1ccc(/C(C)=N/O)cc1)=C2. The van der Waals surface area contributed by atoms with Crippen molar-refractivity contribution in [1.29, 1.82) is 0 Å². The molecule has 0 bridgehead atoms. The summed E-state index contributed by atoms with van der Waals surface area (Å²) in [6.07, 6.45) is 5.40. The first-order chi connectivity index (χ1) is 11.2. The Hall–Kier alpha value is -2.55. The predicted octanol–water partition coefficient (Wildman–Crippen LogP) is 4.47. The van der Waals surface area contributed by atoms with Crippen molar-refractivity contribution in [3.8, 4) is 5.75 Å². The summed E-state index contributed by atoms with van der Waals surface area (Å²) < 4.78 is 5.29. The second-order valence-electron chi connectivity index (χ2n) is 5.93. The molecule has 1 aliphatic rings. The first-order valence-electron chi connectivity index (χ1n) is 7.84. The molecule has 3 heteroatoms. The van der Waals surface area contributed by atoms with Crippen molar-refractivity contribution in [1.82, 2.24) is 0 Å². The summed E-state index contributed by atoms with van der Waals surface area (Å²) in [5.74, 6) is 0.928. The topological polar surface area (TPSA) is 41.8 Å². The third kappa shape index (κ3) is 3.45. The summed E-state index contributed by atoms with van der Waals surface area (Å²) in [4.78, 5) is 0. The van der Waals surface area contributed by atoms with Gasteiger partial charge in [-0.1, -0.05) is 47.1 Å². The van der Waals surface area contributed by atoms with Crippen LogP contribution in [-0.2, 0) is 12.8 Å². The highest BCUT2D eigenvalue weighted by Gasteiger charge is 2.12. The molecular formula is C20H21NO2. The van der Waals surface area contributed by atoms with E-state index in [9.17, 15) is 0 Å². The van der Waals surface area contributed by atoms with Crippen molar-refractivity contribution in [3.05, 3.63) is 70.3 Å². The van der Waals surface area contributed by atoms with Crippen LogP contribution < -0.4 is 4.74 Å². The largest absolute Gasteiger partial charge is 0.497 e. The number of nitrogens with zero attached hydrogens (tertiary/aromatic N) is 1. The van der Waals surface area contributed by atoms with Crippen molar-refractivity contribution in [2.75, 3.05) is 7.11 Å². The van der Waals surface area contributed by atoms with Crippen molar-refractivity contribution in [3.63, 3.8) is 0 Å². The van der Waals surface area contributed by atoms with Gasteiger partial charge in [-0.15, -0.1) is 0 Å². The average Bonchev–Trinajstić information content (AvgIpc) is 2.61. The molecule has 0 unspecified atom stereocenters. The predicted molar refractivity (Wildman–Crippen MR) is 93.4 cm³/mol. The van der Waals surface area contributed by atoms with Crippen LogP contribution in [0.15, 0.2) is 53.2 Å². The van der Waals surface area contributed by atoms with Gasteiger partial charge in [0.2, 0.25) is 0 Å². The summed E-state index contributed by atoms with van der Waals surface area (Å²) >= 11 is 0. The van der Waals surface area contributed by atoms with Crippen molar-refractivity contribution in [2.24, 2.45) is 5.16 Å². The van der Waals surface area contributed by atoms with Gasteiger partial charge < -0.3 is 9.94 Å². The zero-order valence-corrected chi connectivity index (χ0v) is 13.5. The van der Waals surface area contributed by atoms with Gasteiger partial charge in [0.25, 0.3) is 0 Å². The Labute approximate surface area is 136 Å². The van der Waals surface area contributed by atoms with E-state index in [-0.39, 0.29) is 0 Å². The number of rotatable bonds is 4. The molecule has 0 fully saturated rings. The highest BCUT2D eigenvalue weighted by atomic mass is 16.5. The van der Waals surface area contributed by atoms with E-state index in [0.29, 0.717) is 5.71 Å². The monoisotopic (exact) mass is 307 g/mol.